The summed E-state index contributed by atoms with van der Waals surface area (Å²) in [4.78, 5) is 2.40. The SMILES string of the molecule is OC(CC1CCCN1Cc1ccn[nH]1)c1ccco1. The molecule has 5 nitrogen and oxygen atoms in total. The highest BCUT2D eigenvalue weighted by molar-refractivity contribution is 5.03. The fourth-order valence-electron chi connectivity index (χ4n) is 2.82. The lowest BCUT2D eigenvalue weighted by molar-refractivity contribution is 0.0991. The number of aliphatic hydroxyl groups excluding tert-OH is 1. The number of furan rings is 1. The molecule has 0 aliphatic carbocycles. The van der Waals surface area contributed by atoms with E-state index in [1.54, 1.807) is 12.5 Å². The zero-order valence-corrected chi connectivity index (χ0v) is 10.8. The molecule has 19 heavy (non-hydrogen) atoms. The minimum Gasteiger partial charge on any atom is -0.467 e. The number of nitrogens with zero attached hydrogens (tertiary/aromatic N) is 2. The normalized spacial score (nSPS) is 21.8. The molecule has 2 aromatic rings. The van der Waals surface area contributed by atoms with E-state index in [0.29, 0.717) is 11.8 Å². The molecule has 2 atom stereocenters. The zero-order valence-electron chi connectivity index (χ0n) is 10.8. The van der Waals surface area contributed by atoms with Crippen LogP contribution in [-0.2, 0) is 6.54 Å². The van der Waals surface area contributed by atoms with Crippen molar-refractivity contribution in [2.75, 3.05) is 6.54 Å². The van der Waals surface area contributed by atoms with Crippen LogP contribution in [0.1, 0.15) is 36.8 Å². The van der Waals surface area contributed by atoms with E-state index in [4.69, 9.17) is 4.42 Å². The van der Waals surface area contributed by atoms with Crippen molar-refractivity contribution in [1.82, 2.24) is 15.1 Å². The van der Waals surface area contributed by atoms with Gasteiger partial charge in [0.05, 0.1) is 6.26 Å². The second-order valence-corrected chi connectivity index (χ2v) is 5.12. The summed E-state index contributed by atoms with van der Waals surface area (Å²) in [6.07, 6.45) is 5.91. The van der Waals surface area contributed by atoms with Gasteiger partial charge in [0, 0.05) is 24.5 Å². The van der Waals surface area contributed by atoms with Crippen LogP contribution in [0.4, 0.5) is 0 Å². The molecule has 102 valence electrons. The van der Waals surface area contributed by atoms with Gasteiger partial charge in [-0.1, -0.05) is 0 Å². The van der Waals surface area contributed by atoms with Crippen LogP contribution in [0.15, 0.2) is 35.1 Å². The number of aliphatic hydroxyl groups is 1. The first-order chi connectivity index (χ1) is 9.33. The molecule has 2 unspecified atom stereocenters. The van der Waals surface area contributed by atoms with Crippen LogP contribution in [0.3, 0.4) is 0 Å². The molecule has 3 heterocycles. The van der Waals surface area contributed by atoms with Crippen LogP contribution in [0.2, 0.25) is 0 Å². The molecule has 2 aromatic heterocycles. The van der Waals surface area contributed by atoms with Crippen molar-refractivity contribution in [3.63, 3.8) is 0 Å². The predicted octanol–water partition coefficient (Wildman–Crippen LogP) is 2.09. The van der Waals surface area contributed by atoms with Gasteiger partial charge in [-0.15, -0.1) is 0 Å². The summed E-state index contributed by atoms with van der Waals surface area (Å²) in [5, 5.41) is 17.1. The van der Waals surface area contributed by atoms with Crippen LogP contribution in [0, 0.1) is 0 Å². The maximum atomic E-state index is 10.2. The van der Waals surface area contributed by atoms with E-state index < -0.39 is 6.10 Å². The largest absolute Gasteiger partial charge is 0.467 e. The molecule has 0 saturated carbocycles. The number of aromatic amines is 1. The van der Waals surface area contributed by atoms with Crippen molar-refractivity contribution in [2.45, 2.75) is 38.0 Å². The van der Waals surface area contributed by atoms with Gasteiger partial charge in [0.15, 0.2) is 0 Å². The number of likely N-dealkylation sites (tertiary alicyclic amines) is 1. The molecule has 0 bridgehead atoms. The Hall–Kier alpha value is -1.59. The third-order valence-electron chi connectivity index (χ3n) is 3.80. The van der Waals surface area contributed by atoms with Crippen molar-refractivity contribution < 1.29 is 9.52 Å². The van der Waals surface area contributed by atoms with E-state index in [2.05, 4.69) is 15.1 Å². The topological polar surface area (TPSA) is 65.3 Å². The highest BCUT2D eigenvalue weighted by Gasteiger charge is 2.28. The fraction of sp³-hybridized carbons (Fsp3) is 0.500. The maximum absolute atomic E-state index is 10.2. The molecule has 0 spiro atoms. The van der Waals surface area contributed by atoms with Crippen LogP contribution < -0.4 is 0 Å². The minimum atomic E-state index is -0.512. The van der Waals surface area contributed by atoms with Gasteiger partial charge in [-0.25, -0.2) is 0 Å². The molecule has 0 amide bonds. The van der Waals surface area contributed by atoms with Crippen LogP contribution >= 0.6 is 0 Å². The number of rotatable bonds is 5. The maximum Gasteiger partial charge on any atom is 0.132 e. The van der Waals surface area contributed by atoms with Crippen molar-refractivity contribution in [3.8, 4) is 0 Å². The quantitative estimate of drug-likeness (QED) is 0.865. The summed E-state index contributed by atoms with van der Waals surface area (Å²) in [5.74, 6) is 0.661. The zero-order chi connectivity index (χ0) is 13.1. The monoisotopic (exact) mass is 261 g/mol. The Bertz CT molecular complexity index is 481. The Morgan fingerprint density at radius 1 is 1.53 bits per heavy atom. The summed E-state index contributed by atoms with van der Waals surface area (Å²) in [6, 6.07) is 6.05. The van der Waals surface area contributed by atoms with Gasteiger partial charge >= 0.3 is 0 Å². The number of hydrogen-bond donors (Lipinski definition) is 2. The molecule has 0 aromatic carbocycles. The molecule has 1 fully saturated rings. The molecule has 1 aliphatic rings. The molecule has 1 saturated heterocycles. The van der Waals surface area contributed by atoms with E-state index in [9.17, 15) is 5.11 Å². The van der Waals surface area contributed by atoms with E-state index in [1.165, 1.54) is 6.42 Å². The summed E-state index contributed by atoms with van der Waals surface area (Å²) in [6.45, 7) is 1.95. The van der Waals surface area contributed by atoms with Gasteiger partial charge in [0.2, 0.25) is 0 Å². The molecule has 3 rings (SSSR count). The lowest BCUT2D eigenvalue weighted by Gasteiger charge is -2.25. The molecular weight excluding hydrogens is 242 g/mol. The first-order valence-corrected chi connectivity index (χ1v) is 6.76. The summed E-state index contributed by atoms with van der Waals surface area (Å²) < 4.78 is 5.26. The smallest absolute Gasteiger partial charge is 0.132 e. The Labute approximate surface area is 112 Å². The summed E-state index contributed by atoms with van der Waals surface area (Å²) in [7, 11) is 0. The summed E-state index contributed by atoms with van der Waals surface area (Å²) in [5.41, 5.74) is 1.12. The van der Waals surface area contributed by atoms with Crippen molar-refractivity contribution in [3.05, 3.63) is 42.1 Å². The number of nitrogens with one attached hydrogen (secondary N) is 1. The predicted molar refractivity (Wildman–Crippen MR) is 70.3 cm³/mol. The van der Waals surface area contributed by atoms with Gasteiger partial charge in [-0.2, -0.15) is 5.10 Å². The van der Waals surface area contributed by atoms with E-state index in [-0.39, 0.29) is 0 Å². The van der Waals surface area contributed by atoms with Gasteiger partial charge in [-0.05, 0) is 44.0 Å². The van der Waals surface area contributed by atoms with Crippen molar-refractivity contribution in [2.24, 2.45) is 0 Å². The third kappa shape index (κ3) is 2.88. The van der Waals surface area contributed by atoms with Gasteiger partial charge in [0.1, 0.15) is 11.9 Å². The lowest BCUT2D eigenvalue weighted by atomic mass is 10.1. The number of aromatic nitrogens is 2. The van der Waals surface area contributed by atoms with Gasteiger partial charge in [0.25, 0.3) is 0 Å². The highest BCUT2D eigenvalue weighted by Crippen LogP contribution is 2.28. The average Bonchev–Trinajstić information content (AvgIpc) is 3.12. The van der Waals surface area contributed by atoms with E-state index in [0.717, 1.165) is 31.6 Å². The fourth-order valence-corrected chi connectivity index (χ4v) is 2.82. The molecule has 2 N–H and O–H groups in total. The first-order valence-electron chi connectivity index (χ1n) is 6.76. The van der Waals surface area contributed by atoms with Crippen LogP contribution in [0.5, 0.6) is 0 Å². The molecular formula is C14H19N3O2. The van der Waals surface area contributed by atoms with Crippen LogP contribution in [0.25, 0.3) is 0 Å². The highest BCUT2D eigenvalue weighted by atomic mass is 16.4. The lowest BCUT2D eigenvalue weighted by Crippen LogP contribution is -2.30. The Morgan fingerprint density at radius 2 is 2.47 bits per heavy atom. The summed E-state index contributed by atoms with van der Waals surface area (Å²) >= 11 is 0. The van der Waals surface area contributed by atoms with Crippen molar-refractivity contribution >= 4 is 0 Å². The van der Waals surface area contributed by atoms with Gasteiger partial charge in [-0.3, -0.25) is 10.00 Å². The number of hydrogen-bond acceptors (Lipinski definition) is 4. The van der Waals surface area contributed by atoms with E-state index >= 15 is 0 Å². The molecule has 5 heteroatoms. The van der Waals surface area contributed by atoms with Gasteiger partial charge < -0.3 is 9.52 Å². The van der Waals surface area contributed by atoms with E-state index in [1.807, 2.05) is 18.2 Å². The Morgan fingerprint density at radius 3 is 3.21 bits per heavy atom. The Kier molecular flexibility index (Phi) is 3.66. The first kappa shape index (κ1) is 12.4. The minimum absolute atomic E-state index is 0.406. The third-order valence-corrected chi connectivity index (χ3v) is 3.80. The average molecular weight is 261 g/mol. The standard InChI is InChI=1S/C14H19N3O2/c18-13(14-4-2-8-19-14)9-12-3-1-7-17(12)10-11-5-6-15-16-11/h2,4-6,8,12-13,18H,1,3,7,9-10H2,(H,15,16). The van der Waals surface area contributed by atoms with Crippen LogP contribution in [-0.4, -0.2) is 32.8 Å². The Balaban J connectivity index is 1.60. The van der Waals surface area contributed by atoms with Crippen molar-refractivity contribution in [1.29, 1.82) is 0 Å². The molecule has 1 aliphatic heterocycles. The second-order valence-electron chi connectivity index (χ2n) is 5.12. The molecule has 0 radical (unpaired) electrons. The second kappa shape index (κ2) is 5.59. The number of H-pyrrole nitrogens is 1.